The third kappa shape index (κ3) is 4.62. The first-order chi connectivity index (χ1) is 7.42. The molecule has 0 saturated heterocycles. The van der Waals surface area contributed by atoms with Crippen LogP contribution in [-0.2, 0) is 13.3 Å². The maximum Gasteiger partial charge on any atom is 0.496 e. The quantitative estimate of drug-likeness (QED) is 0.433. The maximum absolute atomic E-state index is 5.44. The van der Waals surface area contributed by atoms with Crippen molar-refractivity contribution in [3.05, 3.63) is 0 Å². The van der Waals surface area contributed by atoms with Crippen LogP contribution in [0.15, 0.2) is 0 Å². The van der Waals surface area contributed by atoms with Crippen molar-refractivity contribution in [1.82, 2.24) is 9.80 Å². The van der Waals surface area contributed by atoms with E-state index in [0.29, 0.717) is 5.79 Å². The Labute approximate surface area is 103 Å². The van der Waals surface area contributed by atoms with Gasteiger partial charge >= 0.3 is 8.80 Å². The number of nitrogens with zero attached hydrogens (tertiary/aromatic N) is 2. The Balaban J connectivity index is 4.37. The van der Waals surface area contributed by atoms with Crippen LogP contribution in [0.2, 0.25) is 5.67 Å². The van der Waals surface area contributed by atoms with E-state index in [1.165, 1.54) is 0 Å². The Bertz CT molecular complexity index is 173. The molecule has 0 N–H and O–H groups in total. The molecule has 0 aliphatic carbocycles. The van der Waals surface area contributed by atoms with Crippen LogP contribution in [0.3, 0.4) is 0 Å². The largest absolute Gasteiger partial charge is 0.496 e. The molecular weight excluding hydrogens is 240 g/mol. The summed E-state index contributed by atoms with van der Waals surface area (Å²) in [6, 6.07) is 0. The predicted octanol–water partition coefficient (Wildman–Crippen LogP) is -0.602. The molecule has 5 nitrogen and oxygen atoms in total. The van der Waals surface area contributed by atoms with Crippen LogP contribution in [0.1, 0.15) is 0 Å². The van der Waals surface area contributed by atoms with E-state index >= 15 is 0 Å². The summed E-state index contributed by atoms with van der Waals surface area (Å²) in [5, 5.41) is 0. The van der Waals surface area contributed by atoms with Gasteiger partial charge in [-0.2, -0.15) is 0 Å². The zero-order valence-electron chi connectivity index (χ0n) is 11.6. The van der Waals surface area contributed by atoms with Crippen molar-refractivity contribution >= 4 is 18.3 Å². The standard InChI is InChI=1S/C9H26N2O3Si2/c1-10(2)9(11(3)4)15-8-16(12-5,13-6)14-7/h9H,8,15H2,1-7H3. The molecule has 0 rings (SSSR count). The van der Waals surface area contributed by atoms with E-state index in [1.807, 2.05) is 0 Å². The number of rotatable bonds is 8. The van der Waals surface area contributed by atoms with E-state index in [0.717, 1.165) is 5.67 Å². The second-order valence-electron chi connectivity index (χ2n) is 4.24. The normalized spacial score (nSPS) is 13.9. The Kier molecular flexibility index (Phi) is 7.65. The highest BCUT2D eigenvalue weighted by Crippen LogP contribution is 2.13. The van der Waals surface area contributed by atoms with Gasteiger partial charge in [0, 0.05) is 32.8 Å². The first-order valence-electron chi connectivity index (χ1n) is 5.40. The van der Waals surface area contributed by atoms with E-state index in [2.05, 4.69) is 38.0 Å². The molecule has 0 radical (unpaired) electrons. The van der Waals surface area contributed by atoms with Gasteiger partial charge < -0.3 is 13.3 Å². The Hall–Kier alpha value is 0.234. The number of hydrogen-bond acceptors (Lipinski definition) is 5. The number of hydrogen-bond donors (Lipinski definition) is 0. The topological polar surface area (TPSA) is 34.2 Å². The SMILES string of the molecule is CO[Si](C[SiH2]C(N(C)C)N(C)C)(OC)OC. The molecular formula is C9H26N2O3Si2. The highest BCUT2D eigenvalue weighted by atomic mass is 28.4. The molecule has 7 heteroatoms. The van der Waals surface area contributed by atoms with Gasteiger partial charge in [0.25, 0.3) is 0 Å². The van der Waals surface area contributed by atoms with Gasteiger partial charge in [-0.25, -0.2) is 0 Å². The van der Waals surface area contributed by atoms with Gasteiger partial charge in [-0.15, -0.1) is 0 Å². The second-order valence-corrected chi connectivity index (χ2v) is 10.1. The third-order valence-corrected chi connectivity index (χ3v) is 10.3. The minimum Gasteiger partial charge on any atom is -0.377 e. The molecule has 0 heterocycles. The molecule has 0 amide bonds. The van der Waals surface area contributed by atoms with E-state index in [9.17, 15) is 0 Å². The van der Waals surface area contributed by atoms with Crippen molar-refractivity contribution in [2.24, 2.45) is 0 Å². The monoisotopic (exact) mass is 266 g/mol. The molecule has 0 aliphatic rings. The van der Waals surface area contributed by atoms with Gasteiger partial charge in [0.15, 0.2) is 0 Å². The van der Waals surface area contributed by atoms with Crippen molar-refractivity contribution in [2.45, 2.75) is 11.5 Å². The Morgan fingerprint density at radius 3 is 1.56 bits per heavy atom. The van der Waals surface area contributed by atoms with Crippen molar-refractivity contribution in [2.75, 3.05) is 49.5 Å². The Morgan fingerprint density at radius 1 is 0.938 bits per heavy atom. The van der Waals surface area contributed by atoms with Crippen LogP contribution >= 0.6 is 0 Å². The summed E-state index contributed by atoms with van der Waals surface area (Å²) in [4.78, 5) is 4.48. The van der Waals surface area contributed by atoms with Gasteiger partial charge in [-0.3, -0.25) is 9.80 Å². The molecule has 98 valence electrons. The average Bonchev–Trinajstić information content (AvgIpc) is 2.24. The Morgan fingerprint density at radius 2 is 1.31 bits per heavy atom. The van der Waals surface area contributed by atoms with E-state index < -0.39 is 8.80 Å². The van der Waals surface area contributed by atoms with Crippen LogP contribution in [0.25, 0.3) is 0 Å². The van der Waals surface area contributed by atoms with Gasteiger partial charge in [-0.1, -0.05) is 0 Å². The molecule has 0 spiro atoms. The van der Waals surface area contributed by atoms with Crippen LogP contribution < -0.4 is 0 Å². The van der Waals surface area contributed by atoms with Gasteiger partial charge in [-0.05, 0) is 28.2 Å². The van der Waals surface area contributed by atoms with Gasteiger partial charge in [0.05, 0.1) is 9.52 Å². The summed E-state index contributed by atoms with van der Waals surface area (Å²) in [5.74, 6) is 0.507. The summed E-state index contributed by atoms with van der Waals surface area (Å²) in [7, 11) is 10.7. The highest BCUT2D eigenvalue weighted by molar-refractivity contribution is 6.71. The lowest BCUT2D eigenvalue weighted by Crippen LogP contribution is -2.51. The molecule has 0 unspecified atom stereocenters. The fourth-order valence-electron chi connectivity index (χ4n) is 1.84. The summed E-state index contributed by atoms with van der Waals surface area (Å²) in [6.07, 6.45) is 0. The smallest absolute Gasteiger partial charge is 0.377 e. The van der Waals surface area contributed by atoms with Crippen LogP contribution in [0.4, 0.5) is 0 Å². The summed E-state index contributed by atoms with van der Waals surface area (Å²) < 4.78 is 16.3. The van der Waals surface area contributed by atoms with E-state index in [-0.39, 0.29) is 9.52 Å². The van der Waals surface area contributed by atoms with Gasteiger partial charge in [0.2, 0.25) is 0 Å². The average molecular weight is 266 g/mol. The summed E-state index contributed by atoms with van der Waals surface area (Å²) in [6.45, 7) is 0. The van der Waals surface area contributed by atoms with Crippen LogP contribution in [0, 0.1) is 0 Å². The van der Waals surface area contributed by atoms with Crippen LogP contribution in [0.5, 0.6) is 0 Å². The lowest BCUT2D eigenvalue weighted by molar-refractivity contribution is 0.128. The first-order valence-corrected chi connectivity index (χ1v) is 9.15. The lowest BCUT2D eigenvalue weighted by Gasteiger charge is -2.32. The summed E-state index contributed by atoms with van der Waals surface area (Å²) in [5.41, 5.74) is 0.956. The predicted molar refractivity (Wildman–Crippen MR) is 71.3 cm³/mol. The molecule has 0 aromatic rings. The maximum atomic E-state index is 5.44. The van der Waals surface area contributed by atoms with Crippen molar-refractivity contribution in [3.8, 4) is 0 Å². The molecule has 0 bridgehead atoms. The molecule has 0 saturated carbocycles. The molecule has 0 fully saturated rings. The zero-order chi connectivity index (χ0) is 12.8. The summed E-state index contributed by atoms with van der Waals surface area (Å²) >= 11 is 0. The molecule has 0 aromatic carbocycles. The lowest BCUT2D eigenvalue weighted by atomic mass is 10.8. The fraction of sp³-hybridized carbons (Fsp3) is 1.00. The first kappa shape index (κ1) is 16.2. The van der Waals surface area contributed by atoms with E-state index in [1.54, 1.807) is 21.3 Å². The van der Waals surface area contributed by atoms with Crippen molar-refractivity contribution in [1.29, 1.82) is 0 Å². The van der Waals surface area contributed by atoms with E-state index in [4.69, 9.17) is 13.3 Å². The van der Waals surface area contributed by atoms with Crippen molar-refractivity contribution < 1.29 is 13.3 Å². The second kappa shape index (κ2) is 7.54. The fourth-order valence-corrected chi connectivity index (χ4v) is 8.27. The molecule has 0 aromatic heterocycles. The minimum absolute atomic E-state index is 0.368. The minimum atomic E-state index is -2.36. The molecule has 16 heavy (non-hydrogen) atoms. The molecule has 0 aliphatic heterocycles. The van der Waals surface area contributed by atoms with Crippen molar-refractivity contribution in [3.63, 3.8) is 0 Å². The molecule has 0 atom stereocenters. The van der Waals surface area contributed by atoms with Crippen LogP contribution in [-0.4, -0.2) is 83.4 Å². The highest BCUT2D eigenvalue weighted by Gasteiger charge is 2.38. The zero-order valence-corrected chi connectivity index (χ0v) is 14.0. The van der Waals surface area contributed by atoms with Gasteiger partial charge in [0.1, 0.15) is 0 Å². The third-order valence-electron chi connectivity index (χ3n) is 2.83.